The summed E-state index contributed by atoms with van der Waals surface area (Å²) in [5.74, 6) is -0.400. The normalized spacial score (nSPS) is 10.7. The highest BCUT2D eigenvalue weighted by molar-refractivity contribution is 6.30. The average molecular weight is 241 g/mol. The van der Waals surface area contributed by atoms with E-state index in [9.17, 15) is 9.18 Å². The molecule has 0 atom stereocenters. The summed E-state index contributed by atoms with van der Waals surface area (Å²) in [6.45, 7) is 0.211. The molecule has 1 aromatic carbocycles. The summed E-state index contributed by atoms with van der Waals surface area (Å²) in [6, 6.07) is 4.43. The number of imidazole rings is 1. The van der Waals surface area contributed by atoms with E-state index in [2.05, 4.69) is 0 Å². The van der Waals surface area contributed by atoms with E-state index in [4.69, 9.17) is 11.6 Å². The van der Waals surface area contributed by atoms with E-state index in [1.165, 1.54) is 15.2 Å². The number of hydrogen-bond donors (Lipinski definition) is 0. The number of halogens is 2. The number of aromatic nitrogens is 2. The minimum atomic E-state index is -0.400. The minimum Gasteiger partial charge on any atom is -0.302 e. The second-order valence-corrected chi connectivity index (χ2v) is 3.99. The van der Waals surface area contributed by atoms with Gasteiger partial charge >= 0.3 is 5.69 Å². The molecule has 5 heteroatoms. The molecule has 0 aliphatic heterocycles. The van der Waals surface area contributed by atoms with Gasteiger partial charge < -0.3 is 4.57 Å². The Kier molecular flexibility index (Phi) is 2.83. The molecule has 84 valence electrons. The number of rotatable bonds is 2. The van der Waals surface area contributed by atoms with Gasteiger partial charge in [0.05, 0.1) is 6.54 Å². The van der Waals surface area contributed by atoms with Crippen molar-refractivity contribution in [3.8, 4) is 0 Å². The summed E-state index contributed by atoms with van der Waals surface area (Å²) in [6.07, 6.45) is 3.26. The molecule has 0 aliphatic rings. The molecule has 3 nitrogen and oxygen atoms in total. The predicted molar refractivity (Wildman–Crippen MR) is 60.2 cm³/mol. The van der Waals surface area contributed by atoms with Crippen LogP contribution in [0.5, 0.6) is 0 Å². The van der Waals surface area contributed by atoms with Gasteiger partial charge in [-0.3, -0.25) is 4.57 Å². The molecule has 0 bridgehead atoms. The highest BCUT2D eigenvalue weighted by atomic mass is 35.5. The van der Waals surface area contributed by atoms with Crippen molar-refractivity contribution < 1.29 is 4.39 Å². The molecule has 0 saturated carbocycles. The summed E-state index contributed by atoms with van der Waals surface area (Å²) in [4.78, 5) is 11.5. The molecule has 0 spiro atoms. The second-order valence-electron chi connectivity index (χ2n) is 3.56. The fourth-order valence-electron chi connectivity index (χ4n) is 1.46. The fourth-order valence-corrected chi connectivity index (χ4v) is 1.62. The number of aryl methyl sites for hydroxylation is 1. The van der Waals surface area contributed by atoms with E-state index in [-0.39, 0.29) is 12.2 Å². The highest BCUT2D eigenvalue weighted by Gasteiger charge is 2.06. The zero-order valence-electron chi connectivity index (χ0n) is 8.65. The largest absolute Gasteiger partial charge is 0.328 e. The quantitative estimate of drug-likeness (QED) is 0.789. The molecule has 2 rings (SSSR count). The topological polar surface area (TPSA) is 26.9 Å². The lowest BCUT2D eigenvalue weighted by molar-refractivity contribution is 0.594. The molecule has 0 fully saturated rings. The van der Waals surface area contributed by atoms with E-state index in [0.717, 1.165) is 0 Å². The molecule has 0 radical (unpaired) electrons. The van der Waals surface area contributed by atoms with Crippen LogP contribution in [-0.2, 0) is 13.6 Å². The Hall–Kier alpha value is -1.55. The van der Waals surface area contributed by atoms with Gasteiger partial charge in [0.2, 0.25) is 0 Å². The van der Waals surface area contributed by atoms with Crippen LogP contribution < -0.4 is 5.69 Å². The van der Waals surface area contributed by atoms with E-state index < -0.39 is 5.82 Å². The summed E-state index contributed by atoms with van der Waals surface area (Å²) in [5.41, 5.74) is 0.270. The van der Waals surface area contributed by atoms with Crippen LogP contribution in [0.1, 0.15) is 5.56 Å². The maximum absolute atomic E-state index is 13.5. The van der Waals surface area contributed by atoms with Crippen molar-refractivity contribution in [2.45, 2.75) is 6.54 Å². The molecular weight excluding hydrogens is 231 g/mol. The Morgan fingerprint density at radius 2 is 2.12 bits per heavy atom. The van der Waals surface area contributed by atoms with Crippen molar-refractivity contribution in [3.63, 3.8) is 0 Å². The first-order valence-corrected chi connectivity index (χ1v) is 5.11. The van der Waals surface area contributed by atoms with Crippen LogP contribution >= 0.6 is 11.6 Å². The van der Waals surface area contributed by atoms with Crippen molar-refractivity contribution in [1.29, 1.82) is 0 Å². The zero-order valence-corrected chi connectivity index (χ0v) is 9.41. The van der Waals surface area contributed by atoms with Gasteiger partial charge in [0.1, 0.15) is 5.82 Å². The first-order chi connectivity index (χ1) is 7.58. The van der Waals surface area contributed by atoms with Gasteiger partial charge in [-0.2, -0.15) is 0 Å². The molecule has 0 unspecified atom stereocenters. The predicted octanol–water partition coefficient (Wildman–Crippen LogP) is 2.03. The minimum absolute atomic E-state index is 0.172. The number of hydrogen-bond acceptors (Lipinski definition) is 1. The van der Waals surface area contributed by atoms with Crippen molar-refractivity contribution in [1.82, 2.24) is 9.13 Å². The Bertz CT molecular complexity index is 574. The third-order valence-corrected chi connectivity index (χ3v) is 2.61. The van der Waals surface area contributed by atoms with Gasteiger partial charge in [-0.05, 0) is 12.1 Å². The van der Waals surface area contributed by atoms with Gasteiger partial charge in [0.25, 0.3) is 0 Å². The van der Waals surface area contributed by atoms with Crippen LogP contribution in [0.3, 0.4) is 0 Å². The van der Waals surface area contributed by atoms with Crippen LogP contribution in [0.25, 0.3) is 0 Å². The Morgan fingerprint density at radius 1 is 1.38 bits per heavy atom. The van der Waals surface area contributed by atoms with Crippen LogP contribution in [0.4, 0.5) is 4.39 Å². The summed E-state index contributed by atoms with van der Waals surface area (Å²) in [7, 11) is 1.65. The lowest BCUT2D eigenvalue weighted by Gasteiger charge is -2.03. The zero-order chi connectivity index (χ0) is 11.7. The molecule has 1 heterocycles. The highest BCUT2D eigenvalue weighted by Crippen LogP contribution is 2.15. The summed E-state index contributed by atoms with van der Waals surface area (Å²) < 4.78 is 16.3. The Labute approximate surface area is 96.7 Å². The van der Waals surface area contributed by atoms with Gasteiger partial charge in [-0.25, -0.2) is 9.18 Å². The van der Waals surface area contributed by atoms with Gasteiger partial charge in [0, 0.05) is 30.0 Å². The van der Waals surface area contributed by atoms with E-state index in [1.807, 2.05) is 0 Å². The maximum atomic E-state index is 13.5. The third-order valence-electron chi connectivity index (χ3n) is 2.37. The van der Waals surface area contributed by atoms with E-state index >= 15 is 0 Å². The second kappa shape index (κ2) is 4.14. The average Bonchev–Trinajstić information content (AvgIpc) is 2.54. The van der Waals surface area contributed by atoms with Crippen LogP contribution in [0.2, 0.25) is 5.02 Å². The smallest absolute Gasteiger partial charge is 0.302 e. The monoisotopic (exact) mass is 240 g/mol. The van der Waals surface area contributed by atoms with Crippen LogP contribution in [0, 0.1) is 5.82 Å². The lowest BCUT2D eigenvalue weighted by atomic mass is 10.2. The molecule has 0 amide bonds. The first kappa shape index (κ1) is 11.0. The molecule has 1 aromatic heterocycles. The third kappa shape index (κ3) is 2.02. The molecule has 0 aliphatic carbocycles. The SMILES string of the molecule is Cn1ccn(Cc2ccc(Cl)cc2F)c1=O. The standard InChI is InChI=1S/C11H10ClFN2O/c1-14-4-5-15(11(14)16)7-8-2-3-9(12)6-10(8)13/h2-6H,7H2,1H3. The first-order valence-electron chi connectivity index (χ1n) is 4.73. The molecular formula is C11H10ClFN2O. The van der Waals surface area contributed by atoms with Crippen LogP contribution in [-0.4, -0.2) is 9.13 Å². The Morgan fingerprint density at radius 3 is 2.69 bits per heavy atom. The molecule has 0 saturated heterocycles. The number of nitrogens with zero attached hydrogens (tertiary/aromatic N) is 2. The molecule has 2 aromatic rings. The van der Waals surface area contributed by atoms with Crippen LogP contribution in [0.15, 0.2) is 35.4 Å². The van der Waals surface area contributed by atoms with Crippen molar-refractivity contribution in [2.75, 3.05) is 0 Å². The van der Waals surface area contributed by atoms with Crippen molar-refractivity contribution in [3.05, 3.63) is 57.5 Å². The summed E-state index contributed by atoms with van der Waals surface area (Å²) in [5, 5.41) is 0.349. The van der Waals surface area contributed by atoms with Crippen molar-refractivity contribution >= 4 is 11.6 Å². The van der Waals surface area contributed by atoms with Crippen molar-refractivity contribution in [2.24, 2.45) is 7.05 Å². The molecule has 0 N–H and O–H groups in total. The van der Waals surface area contributed by atoms with Gasteiger partial charge in [-0.1, -0.05) is 17.7 Å². The van der Waals surface area contributed by atoms with E-state index in [1.54, 1.807) is 31.6 Å². The number of benzene rings is 1. The van der Waals surface area contributed by atoms with E-state index in [0.29, 0.717) is 10.6 Å². The fraction of sp³-hybridized carbons (Fsp3) is 0.182. The maximum Gasteiger partial charge on any atom is 0.328 e. The molecule has 16 heavy (non-hydrogen) atoms. The Balaban J connectivity index is 2.34. The van der Waals surface area contributed by atoms with Gasteiger partial charge in [0.15, 0.2) is 0 Å². The van der Waals surface area contributed by atoms with Gasteiger partial charge in [-0.15, -0.1) is 0 Å². The lowest BCUT2D eigenvalue weighted by Crippen LogP contribution is -2.22. The summed E-state index contributed by atoms with van der Waals surface area (Å²) >= 11 is 5.64.